The zero-order chi connectivity index (χ0) is 18.6. The number of phenolic OH excluding ortho intramolecular Hbond substituents is 1. The van der Waals surface area contributed by atoms with Crippen LogP contribution < -0.4 is 0 Å². The number of hydrogen-bond acceptors (Lipinski definition) is 6. The lowest BCUT2D eigenvalue weighted by Crippen LogP contribution is -2.38. The van der Waals surface area contributed by atoms with Crippen LogP contribution in [0.25, 0.3) is 0 Å². The molecule has 0 radical (unpaired) electrons. The number of halogens is 1. The number of phenols is 1. The molecule has 9 heteroatoms. The molecule has 1 aromatic rings. The maximum atomic E-state index is 12.7. The van der Waals surface area contributed by atoms with Crippen molar-refractivity contribution in [2.75, 3.05) is 0 Å². The van der Waals surface area contributed by atoms with Crippen molar-refractivity contribution in [2.24, 2.45) is 28.8 Å². The van der Waals surface area contributed by atoms with Gasteiger partial charge in [0.1, 0.15) is 0 Å². The molecular weight excluding hydrogens is 406 g/mol. The summed E-state index contributed by atoms with van der Waals surface area (Å²) in [6, 6.07) is 2.59. The van der Waals surface area contributed by atoms with Crippen molar-refractivity contribution in [3.05, 3.63) is 44.4 Å². The highest BCUT2D eigenvalue weighted by atomic mass is 79.9. The largest absolute Gasteiger partial charge is 0.502 e. The molecule has 1 heterocycles. The van der Waals surface area contributed by atoms with Gasteiger partial charge >= 0.3 is 5.69 Å². The number of hydrazone groups is 1. The number of benzene rings is 1. The summed E-state index contributed by atoms with van der Waals surface area (Å²) in [4.78, 5) is 35.6. The first kappa shape index (κ1) is 16.9. The zero-order valence-corrected chi connectivity index (χ0v) is 15.0. The van der Waals surface area contributed by atoms with Gasteiger partial charge in [0.05, 0.1) is 23.0 Å². The van der Waals surface area contributed by atoms with E-state index < -0.39 is 16.4 Å². The van der Waals surface area contributed by atoms with Crippen LogP contribution in [0.1, 0.15) is 18.4 Å². The molecule has 0 unspecified atom stereocenters. The summed E-state index contributed by atoms with van der Waals surface area (Å²) in [7, 11) is 0. The molecule has 3 aliphatic carbocycles. The Balaban J connectivity index is 1.65. The summed E-state index contributed by atoms with van der Waals surface area (Å²) in [5.41, 5.74) is -0.446. The smallest absolute Gasteiger partial charge is 0.312 e. The number of carbonyl (C=O) groups is 2. The first-order valence-corrected chi connectivity index (χ1v) is 8.95. The highest BCUT2D eigenvalue weighted by Gasteiger charge is 2.56. The average Bonchev–Trinajstić information content (AvgIpc) is 2.89. The van der Waals surface area contributed by atoms with Gasteiger partial charge in [-0.05, 0) is 30.7 Å². The number of imide groups is 1. The Morgan fingerprint density at radius 1 is 1.19 bits per heavy atom. The summed E-state index contributed by atoms with van der Waals surface area (Å²) >= 11 is 3.13. The molecule has 1 saturated heterocycles. The number of carbonyl (C=O) groups excluding carboxylic acids is 2. The summed E-state index contributed by atoms with van der Waals surface area (Å²) in [6.45, 7) is 0. The van der Waals surface area contributed by atoms with E-state index in [0.29, 0.717) is 4.47 Å². The molecule has 1 aliphatic heterocycles. The molecule has 1 saturated carbocycles. The Bertz CT molecular complexity index is 865. The first-order chi connectivity index (χ1) is 12.4. The number of nitro groups is 1. The van der Waals surface area contributed by atoms with Gasteiger partial charge in [-0.2, -0.15) is 10.1 Å². The van der Waals surface area contributed by atoms with Crippen LogP contribution in [0.3, 0.4) is 0 Å². The number of fused-ring (bicyclic) bond motifs is 1. The average molecular weight is 420 g/mol. The van der Waals surface area contributed by atoms with Crippen LogP contribution >= 0.6 is 15.9 Å². The number of amides is 2. The lowest BCUT2D eigenvalue weighted by molar-refractivity contribution is -0.385. The molecule has 5 rings (SSSR count). The second kappa shape index (κ2) is 6.01. The zero-order valence-electron chi connectivity index (χ0n) is 13.4. The van der Waals surface area contributed by atoms with Crippen molar-refractivity contribution in [2.45, 2.75) is 12.8 Å². The van der Waals surface area contributed by atoms with E-state index in [2.05, 4.69) is 21.0 Å². The SMILES string of the molecule is O=C1[C@@H]2[C@H](C(=O)N1/N=C/c1cc(Br)cc([N+](=O)[O-])c1O)[C@@H]1C=C[C@H]2CC1. The van der Waals surface area contributed by atoms with Crippen LogP contribution in [0.2, 0.25) is 0 Å². The van der Waals surface area contributed by atoms with Gasteiger partial charge in [0.2, 0.25) is 5.75 Å². The van der Waals surface area contributed by atoms with Crippen molar-refractivity contribution < 1.29 is 19.6 Å². The van der Waals surface area contributed by atoms with Crippen LogP contribution in [0.4, 0.5) is 5.69 Å². The van der Waals surface area contributed by atoms with E-state index in [9.17, 15) is 24.8 Å². The fourth-order valence-corrected chi connectivity index (χ4v) is 4.60. The fraction of sp³-hybridized carbons (Fsp3) is 0.353. The fourth-order valence-electron chi connectivity index (χ4n) is 4.14. The Morgan fingerprint density at radius 2 is 1.77 bits per heavy atom. The molecule has 0 spiro atoms. The van der Waals surface area contributed by atoms with Gasteiger partial charge in [-0.25, -0.2) is 0 Å². The molecule has 134 valence electrons. The lowest BCUT2D eigenvalue weighted by Gasteiger charge is -2.37. The van der Waals surface area contributed by atoms with Gasteiger partial charge in [0, 0.05) is 16.1 Å². The minimum absolute atomic E-state index is 0.0441. The topological polar surface area (TPSA) is 113 Å². The van der Waals surface area contributed by atoms with Crippen molar-refractivity contribution in [1.82, 2.24) is 5.01 Å². The molecular formula is C17H14BrN3O5. The van der Waals surface area contributed by atoms with E-state index in [0.717, 1.165) is 30.1 Å². The molecule has 4 aliphatic rings. The van der Waals surface area contributed by atoms with Gasteiger partial charge in [0.25, 0.3) is 11.8 Å². The predicted octanol–water partition coefficient (Wildman–Crippen LogP) is 2.59. The van der Waals surface area contributed by atoms with E-state index in [1.54, 1.807) is 0 Å². The monoisotopic (exact) mass is 419 g/mol. The van der Waals surface area contributed by atoms with Gasteiger partial charge < -0.3 is 5.11 Å². The predicted molar refractivity (Wildman–Crippen MR) is 94.2 cm³/mol. The van der Waals surface area contributed by atoms with E-state index in [1.165, 1.54) is 6.07 Å². The van der Waals surface area contributed by atoms with E-state index in [4.69, 9.17) is 0 Å². The van der Waals surface area contributed by atoms with Crippen LogP contribution in [-0.2, 0) is 9.59 Å². The quantitative estimate of drug-likeness (QED) is 0.266. The summed E-state index contributed by atoms with van der Waals surface area (Å²) in [5, 5.41) is 25.8. The number of nitrogens with zero attached hydrogens (tertiary/aromatic N) is 3. The van der Waals surface area contributed by atoms with Gasteiger partial charge in [0.15, 0.2) is 0 Å². The van der Waals surface area contributed by atoms with Crippen molar-refractivity contribution in [3.8, 4) is 5.75 Å². The molecule has 2 fully saturated rings. The van der Waals surface area contributed by atoms with Gasteiger partial charge in [-0.1, -0.05) is 28.1 Å². The normalized spacial score (nSPS) is 29.7. The summed E-state index contributed by atoms with van der Waals surface area (Å²) < 4.78 is 0.374. The van der Waals surface area contributed by atoms with Crippen LogP contribution in [0.5, 0.6) is 5.75 Å². The Morgan fingerprint density at radius 3 is 2.27 bits per heavy atom. The minimum Gasteiger partial charge on any atom is -0.502 e. The Kier molecular flexibility index (Phi) is 3.91. The standard InChI is InChI=1S/C17H14BrN3O5/c18-11-5-10(15(22)12(6-11)21(25)26)7-19-20-16(23)13-8-1-2-9(4-3-8)14(13)17(20)24/h1-2,5-9,13-14,22H,3-4H2/b19-7+/t8-,9+,13-,14+. The molecule has 0 aromatic heterocycles. The Hall–Kier alpha value is -2.55. The van der Waals surface area contributed by atoms with Crippen molar-refractivity contribution >= 4 is 39.6 Å². The second-order valence-electron chi connectivity index (χ2n) is 6.69. The minimum atomic E-state index is -0.721. The molecule has 2 amide bonds. The molecule has 2 bridgehead atoms. The van der Waals surface area contributed by atoms with Crippen LogP contribution in [0.15, 0.2) is 33.9 Å². The van der Waals surface area contributed by atoms with E-state index in [1.807, 2.05) is 12.2 Å². The van der Waals surface area contributed by atoms with Crippen LogP contribution in [0, 0.1) is 33.8 Å². The second-order valence-corrected chi connectivity index (χ2v) is 7.61. The number of aromatic hydroxyl groups is 1. The van der Waals surface area contributed by atoms with Crippen molar-refractivity contribution in [1.29, 1.82) is 0 Å². The summed E-state index contributed by atoms with van der Waals surface area (Å²) in [5.74, 6) is -1.91. The van der Waals surface area contributed by atoms with Gasteiger partial charge in [-0.3, -0.25) is 19.7 Å². The molecule has 8 nitrogen and oxygen atoms in total. The maximum Gasteiger partial charge on any atom is 0.312 e. The van der Waals surface area contributed by atoms with Gasteiger partial charge in [-0.15, -0.1) is 0 Å². The number of nitro benzene ring substituents is 1. The maximum absolute atomic E-state index is 12.7. The molecule has 1 N–H and O–H groups in total. The number of allylic oxidation sites excluding steroid dienone is 2. The highest BCUT2D eigenvalue weighted by Crippen LogP contribution is 2.49. The van der Waals surface area contributed by atoms with E-state index in [-0.39, 0.29) is 41.0 Å². The molecule has 1 aromatic carbocycles. The third kappa shape index (κ3) is 2.45. The highest BCUT2D eigenvalue weighted by molar-refractivity contribution is 9.10. The molecule has 4 atom stereocenters. The van der Waals surface area contributed by atoms with E-state index >= 15 is 0 Å². The summed E-state index contributed by atoms with van der Waals surface area (Å²) in [6.07, 6.45) is 6.90. The third-order valence-electron chi connectivity index (χ3n) is 5.33. The lowest BCUT2D eigenvalue weighted by atomic mass is 9.63. The number of rotatable bonds is 3. The van der Waals surface area contributed by atoms with Crippen LogP contribution in [-0.4, -0.2) is 33.1 Å². The Labute approximate surface area is 156 Å². The third-order valence-corrected chi connectivity index (χ3v) is 5.79. The van der Waals surface area contributed by atoms with Crippen molar-refractivity contribution in [3.63, 3.8) is 0 Å². The molecule has 26 heavy (non-hydrogen) atoms. The first-order valence-electron chi connectivity index (χ1n) is 8.15. The number of hydrogen-bond donors (Lipinski definition) is 1.